The number of hydrogen-bond acceptors (Lipinski definition) is 4. The molecule has 2 aromatic carbocycles. The van der Waals surface area contributed by atoms with E-state index in [2.05, 4.69) is 5.32 Å². The van der Waals surface area contributed by atoms with E-state index in [4.69, 9.17) is 9.15 Å². The number of nitrogens with zero attached hydrogens (tertiary/aromatic N) is 1. The number of carbonyl (C=O) groups is 2. The minimum Gasteiger partial charge on any atom is -0.484 e. The lowest BCUT2D eigenvalue weighted by molar-refractivity contribution is -0.124. The molecule has 1 aliphatic heterocycles. The Morgan fingerprint density at radius 1 is 1.21 bits per heavy atom. The molecule has 0 saturated carbocycles. The smallest absolute Gasteiger partial charge is 0.258 e. The summed E-state index contributed by atoms with van der Waals surface area (Å²) in [5, 5.41) is 3.88. The molecule has 6 nitrogen and oxygen atoms in total. The summed E-state index contributed by atoms with van der Waals surface area (Å²) in [6.45, 7) is 2.48. The van der Waals surface area contributed by atoms with E-state index in [1.54, 1.807) is 17.0 Å². The van der Waals surface area contributed by atoms with E-state index >= 15 is 0 Å². The summed E-state index contributed by atoms with van der Waals surface area (Å²) in [4.78, 5) is 25.9. The fourth-order valence-corrected chi connectivity index (χ4v) is 3.38. The Hall–Kier alpha value is -3.28. The van der Waals surface area contributed by atoms with Crippen LogP contribution in [0, 0.1) is 0 Å². The van der Waals surface area contributed by atoms with Crippen molar-refractivity contribution in [3.8, 4) is 5.75 Å². The summed E-state index contributed by atoms with van der Waals surface area (Å²) in [6, 6.07) is 16.7. The highest BCUT2D eigenvalue weighted by Crippen LogP contribution is 2.26. The van der Waals surface area contributed by atoms with E-state index in [1.807, 2.05) is 49.4 Å². The molecular weight excluding hydrogens is 356 g/mol. The van der Waals surface area contributed by atoms with E-state index < -0.39 is 0 Å². The molecule has 0 unspecified atom stereocenters. The van der Waals surface area contributed by atoms with Crippen molar-refractivity contribution < 1.29 is 18.7 Å². The Morgan fingerprint density at radius 3 is 2.86 bits per heavy atom. The van der Waals surface area contributed by atoms with Crippen LogP contribution >= 0.6 is 0 Å². The predicted molar refractivity (Wildman–Crippen MR) is 106 cm³/mol. The van der Waals surface area contributed by atoms with Gasteiger partial charge in [0.15, 0.2) is 6.61 Å². The SMILES string of the molecule is C[C@@H](NC(=O)COc1cccc(N2CCCC2=O)c1)c1cc2ccccc2o1. The molecule has 1 aromatic heterocycles. The molecule has 0 aliphatic carbocycles. The average Bonchev–Trinajstić information content (AvgIpc) is 3.32. The summed E-state index contributed by atoms with van der Waals surface area (Å²) >= 11 is 0. The molecule has 3 aromatic rings. The number of benzene rings is 2. The highest BCUT2D eigenvalue weighted by molar-refractivity contribution is 5.95. The maximum absolute atomic E-state index is 12.3. The van der Waals surface area contributed by atoms with Gasteiger partial charge in [-0.15, -0.1) is 0 Å². The van der Waals surface area contributed by atoms with Crippen LogP contribution in [-0.2, 0) is 9.59 Å². The quantitative estimate of drug-likeness (QED) is 0.708. The summed E-state index contributed by atoms with van der Waals surface area (Å²) in [6.07, 6.45) is 1.44. The second-order valence-corrected chi connectivity index (χ2v) is 6.91. The fraction of sp³-hybridized carbons (Fsp3) is 0.273. The van der Waals surface area contributed by atoms with Gasteiger partial charge >= 0.3 is 0 Å². The number of ether oxygens (including phenoxy) is 1. The maximum atomic E-state index is 12.3. The second-order valence-electron chi connectivity index (χ2n) is 6.91. The number of nitrogens with one attached hydrogen (secondary N) is 1. The van der Waals surface area contributed by atoms with E-state index in [1.165, 1.54) is 0 Å². The summed E-state index contributed by atoms with van der Waals surface area (Å²) in [5.41, 5.74) is 1.60. The third kappa shape index (κ3) is 3.86. The number of hydrogen-bond donors (Lipinski definition) is 1. The molecule has 0 bridgehead atoms. The van der Waals surface area contributed by atoms with Gasteiger partial charge in [-0.3, -0.25) is 9.59 Å². The topological polar surface area (TPSA) is 71.8 Å². The van der Waals surface area contributed by atoms with Crippen molar-refractivity contribution in [3.63, 3.8) is 0 Å². The van der Waals surface area contributed by atoms with Crippen LogP contribution in [0.1, 0.15) is 31.6 Å². The molecular formula is C22H22N2O4. The number of fused-ring (bicyclic) bond motifs is 1. The van der Waals surface area contributed by atoms with Crippen LogP contribution in [-0.4, -0.2) is 25.0 Å². The van der Waals surface area contributed by atoms with E-state index in [0.29, 0.717) is 17.9 Å². The van der Waals surface area contributed by atoms with Gasteiger partial charge in [-0.25, -0.2) is 0 Å². The first-order valence-corrected chi connectivity index (χ1v) is 9.41. The normalized spacial score (nSPS) is 15.0. The Labute approximate surface area is 163 Å². The first kappa shape index (κ1) is 18.1. The van der Waals surface area contributed by atoms with Gasteiger partial charge in [0.1, 0.15) is 17.1 Å². The molecule has 2 amide bonds. The minimum absolute atomic E-state index is 0.109. The Morgan fingerprint density at radius 2 is 2.07 bits per heavy atom. The molecule has 28 heavy (non-hydrogen) atoms. The molecule has 6 heteroatoms. The third-order valence-corrected chi connectivity index (χ3v) is 4.82. The first-order chi connectivity index (χ1) is 13.6. The molecule has 2 heterocycles. The number of furan rings is 1. The molecule has 1 aliphatic rings. The minimum atomic E-state index is -0.267. The third-order valence-electron chi connectivity index (χ3n) is 4.82. The Bertz CT molecular complexity index is 977. The maximum Gasteiger partial charge on any atom is 0.258 e. The Balaban J connectivity index is 1.34. The van der Waals surface area contributed by atoms with Crippen molar-refractivity contribution >= 4 is 28.5 Å². The summed E-state index contributed by atoms with van der Waals surface area (Å²) in [5.74, 6) is 1.14. The van der Waals surface area contributed by atoms with E-state index in [9.17, 15) is 9.59 Å². The van der Waals surface area contributed by atoms with Crippen molar-refractivity contribution in [1.29, 1.82) is 0 Å². The summed E-state index contributed by atoms with van der Waals surface area (Å²) in [7, 11) is 0. The van der Waals surface area contributed by atoms with Crippen LogP contribution in [0.3, 0.4) is 0 Å². The van der Waals surface area contributed by atoms with Crippen LogP contribution in [0.2, 0.25) is 0 Å². The molecule has 1 saturated heterocycles. The van der Waals surface area contributed by atoms with Gasteiger partial charge < -0.3 is 19.4 Å². The monoisotopic (exact) mass is 378 g/mol. The molecule has 1 N–H and O–H groups in total. The lowest BCUT2D eigenvalue weighted by Crippen LogP contribution is -2.31. The van der Waals surface area contributed by atoms with Gasteiger partial charge in [-0.05, 0) is 37.6 Å². The fourth-order valence-electron chi connectivity index (χ4n) is 3.38. The molecule has 144 valence electrons. The van der Waals surface area contributed by atoms with Crippen LogP contribution in [0.15, 0.2) is 59.0 Å². The van der Waals surface area contributed by atoms with Crippen LogP contribution in [0.4, 0.5) is 5.69 Å². The first-order valence-electron chi connectivity index (χ1n) is 9.41. The van der Waals surface area contributed by atoms with E-state index in [-0.39, 0.29) is 24.5 Å². The molecule has 1 atom stereocenters. The van der Waals surface area contributed by atoms with Crippen molar-refractivity contribution in [1.82, 2.24) is 5.32 Å². The Kier molecular flexibility index (Phi) is 5.02. The predicted octanol–water partition coefficient (Wildman–Crippen LogP) is 3.82. The van der Waals surface area contributed by atoms with Gasteiger partial charge in [0, 0.05) is 30.1 Å². The van der Waals surface area contributed by atoms with Gasteiger partial charge in [0.05, 0.1) is 6.04 Å². The molecule has 0 spiro atoms. The molecule has 0 radical (unpaired) electrons. The number of anilines is 1. The van der Waals surface area contributed by atoms with Gasteiger partial charge in [-0.2, -0.15) is 0 Å². The lowest BCUT2D eigenvalue weighted by Gasteiger charge is -2.17. The zero-order chi connectivity index (χ0) is 19.5. The van der Waals surface area contributed by atoms with Crippen LogP contribution in [0.5, 0.6) is 5.75 Å². The van der Waals surface area contributed by atoms with Crippen molar-refractivity contribution in [2.45, 2.75) is 25.8 Å². The van der Waals surface area contributed by atoms with Crippen LogP contribution in [0.25, 0.3) is 11.0 Å². The van der Waals surface area contributed by atoms with Crippen LogP contribution < -0.4 is 15.0 Å². The second kappa shape index (κ2) is 7.76. The van der Waals surface area contributed by atoms with Gasteiger partial charge in [0.2, 0.25) is 5.91 Å². The van der Waals surface area contributed by atoms with Crippen molar-refractivity contribution in [2.24, 2.45) is 0 Å². The van der Waals surface area contributed by atoms with E-state index in [0.717, 1.165) is 29.6 Å². The number of carbonyl (C=O) groups excluding carboxylic acids is 2. The van der Waals surface area contributed by atoms with Gasteiger partial charge in [-0.1, -0.05) is 24.3 Å². The number of para-hydroxylation sites is 1. The zero-order valence-electron chi connectivity index (χ0n) is 15.7. The summed E-state index contributed by atoms with van der Waals surface area (Å²) < 4.78 is 11.4. The average molecular weight is 378 g/mol. The molecule has 4 rings (SSSR count). The standard InChI is InChI=1S/C22H22N2O4/c1-15(20-12-16-6-2-3-9-19(16)28-20)23-21(25)14-27-18-8-4-7-17(13-18)24-11-5-10-22(24)26/h2-4,6-9,12-13,15H,5,10-11,14H2,1H3,(H,23,25)/t15-/m1/s1. The highest BCUT2D eigenvalue weighted by atomic mass is 16.5. The highest BCUT2D eigenvalue weighted by Gasteiger charge is 2.22. The zero-order valence-corrected chi connectivity index (χ0v) is 15.7. The lowest BCUT2D eigenvalue weighted by atomic mass is 10.2. The number of rotatable bonds is 6. The number of amides is 2. The van der Waals surface area contributed by atoms with Crippen molar-refractivity contribution in [2.75, 3.05) is 18.1 Å². The van der Waals surface area contributed by atoms with Crippen molar-refractivity contribution in [3.05, 3.63) is 60.4 Å². The molecule has 1 fully saturated rings. The van der Waals surface area contributed by atoms with Gasteiger partial charge in [0.25, 0.3) is 5.91 Å². The largest absolute Gasteiger partial charge is 0.484 e.